The molecule has 2 N–H and O–H groups in total. The van der Waals surface area contributed by atoms with Gasteiger partial charge in [0.15, 0.2) is 0 Å². The number of nitrogens with two attached hydrogens (primary N) is 1. The highest BCUT2D eigenvalue weighted by atomic mass is 32.2. The van der Waals surface area contributed by atoms with Gasteiger partial charge in [-0.25, -0.2) is 0 Å². The lowest BCUT2D eigenvalue weighted by atomic mass is 9.92. The zero-order valence-corrected chi connectivity index (χ0v) is 13.0. The lowest BCUT2D eigenvalue weighted by Crippen LogP contribution is -2.63. The lowest BCUT2D eigenvalue weighted by molar-refractivity contribution is 0.0270. The van der Waals surface area contributed by atoms with E-state index in [1.54, 1.807) is 0 Å². The molecule has 110 valence electrons. The molecule has 1 aliphatic carbocycles. The first-order chi connectivity index (χ1) is 9.34. The van der Waals surface area contributed by atoms with E-state index in [1.807, 2.05) is 0 Å². The molecule has 1 unspecified atom stereocenters. The Morgan fingerprint density at radius 2 is 1.79 bits per heavy atom. The van der Waals surface area contributed by atoms with Crippen molar-refractivity contribution < 1.29 is 0 Å². The van der Waals surface area contributed by atoms with E-state index in [0.717, 1.165) is 12.6 Å². The maximum Gasteiger partial charge on any atom is 0.0423 e. The normalized spacial score (nSPS) is 35.8. The summed E-state index contributed by atoms with van der Waals surface area (Å²) in [4.78, 5) is 5.48. The second-order valence-corrected chi connectivity index (χ2v) is 7.65. The first kappa shape index (κ1) is 14.2. The molecule has 0 radical (unpaired) electrons. The molecule has 1 saturated carbocycles. The van der Waals surface area contributed by atoms with Gasteiger partial charge in [-0.1, -0.05) is 12.8 Å². The van der Waals surface area contributed by atoms with Crippen LogP contribution in [-0.4, -0.2) is 65.6 Å². The van der Waals surface area contributed by atoms with Gasteiger partial charge >= 0.3 is 0 Å². The minimum atomic E-state index is 0.324. The third-order valence-corrected chi connectivity index (χ3v) is 6.83. The van der Waals surface area contributed by atoms with E-state index in [9.17, 15) is 0 Å². The number of piperazine rings is 1. The predicted molar refractivity (Wildman–Crippen MR) is 83.7 cm³/mol. The van der Waals surface area contributed by atoms with Crippen LogP contribution in [0, 0.1) is 0 Å². The first-order valence-electron chi connectivity index (χ1n) is 8.11. The molecule has 0 spiro atoms. The van der Waals surface area contributed by atoms with Crippen LogP contribution >= 0.6 is 11.8 Å². The molecule has 2 saturated heterocycles. The number of nitrogens with zero attached hydrogens (tertiary/aromatic N) is 2. The van der Waals surface area contributed by atoms with Crippen LogP contribution < -0.4 is 5.73 Å². The van der Waals surface area contributed by atoms with E-state index in [-0.39, 0.29) is 0 Å². The summed E-state index contributed by atoms with van der Waals surface area (Å²) in [5.74, 6) is 2.59. The van der Waals surface area contributed by atoms with Crippen LogP contribution in [0.4, 0.5) is 0 Å². The van der Waals surface area contributed by atoms with Crippen LogP contribution in [0.3, 0.4) is 0 Å². The second-order valence-electron chi connectivity index (χ2n) is 6.55. The van der Waals surface area contributed by atoms with Gasteiger partial charge in [0.25, 0.3) is 0 Å². The van der Waals surface area contributed by atoms with E-state index < -0.39 is 0 Å². The van der Waals surface area contributed by atoms with E-state index in [1.165, 1.54) is 76.2 Å². The lowest BCUT2D eigenvalue weighted by Gasteiger charge is -2.50. The topological polar surface area (TPSA) is 32.5 Å². The Balaban J connectivity index is 1.56. The Morgan fingerprint density at radius 1 is 1.05 bits per heavy atom. The Hall–Kier alpha value is 0.230. The third kappa shape index (κ3) is 2.97. The number of thioether (sulfide) groups is 1. The average molecular weight is 283 g/mol. The van der Waals surface area contributed by atoms with Gasteiger partial charge in [-0.05, 0) is 31.4 Å². The fourth-order valence-electron chi connectivity index (χ4n) is 4.21. The Bertz CT molecular complexity index is 277. The van der Waals surface area contributed by atoms with Gasteiger partial charge in [-0.15, -0.1) is 0 Å². The van der Waals surface area contributed by atoms with Crippen molar-refractivity contribution in [3.8, 4) is 0 Å². The second kappa shape index (κ2) is 6.33. The minimum Gasteiger partial charge on any atom is -0.329 e. The molecule has 3 fully saturated rings. The molecular formula is C15H29N3S. The minimum absolute atomic E-state index is 0.324. The molecule has 4 heteroatoms. The van der Waals surface area contributed by atoms with Crippen LogP contribution in [-0.2, 0) is 0 Å². The van der Waals surface area contributed by atoms with Crippen molar-refractivity contribution in [3.05, 3.63) is 0 Å². The van der Waals surface area contributed by atoms with Gasteiger partial charge < -0.3 is 5.73 Å². The molecule has 0 aromatic heterocycles. The fraction of sp³-hybridized carbons (Fsp3) is 1.00. The van der Waals surface area contributed by atoms with E-state index >= 15 is 0 Å². The van der Waals surface area contributed by atoms with Crippen LogP contribution in [0.2, 0.25) is 0 Å². The number of rotatable bonds is 3. The molecule has 0 aromatic carbocycles. The summed E-state index contributed by atoms with van der Waals surface area (Å²) in [6, 6.07) is 0.900. The average Bonchev–Trinajstić information content (AvgIpc) is 3.02. The van der Waals surface area contributed by atoms with Crippen molar-refractivity contribution in [2.45, 2.75) is 50.1 Å². The molecule has 0 aromatic rings. The zero-order valence-electron chi connectivity index (χ0n) is 12.1. The smallest absolute Gasteiger partial charge is 0.0423 e. The molecule has 0 bridgehead atoms. The van der Waals surface area contributed by atoms with Crippen molar-refractivity contribution in [3.63, 3.8) is 0 Å². The summed E-state index contributed by atoms with van der Waals surface area (Å²) < 4.78 is 0. The van der Waals surface area contributed by atoms with E-state index in [4.69, 9.17) is 5.73 Å². The van der Waals surface area contributed by atoms with Crippen molar-refractivity contribution in [1.82, 2.24) is 9.80 Å². The van der Waals surface area contributed by atoms with Crippen molar-refractivity contribution in [1.29, 1.82) is 0 Å². The summed E-state index contributed by atoms with van der Waals surface area (Å²) in [6.45, 7) is 5.89. The van der Waals surface area contributed by atoms with Gasteiger partial charge in [0.2, 0.25) is 0 Å². The maximum atomic E-state index is 6.16. The molecule has 0 amide bonds. The third-order valence-electron chi connectivity index (χ3n) is 5.51. The summed E-state index contributed by atoms with van der Waals surface area (Å²) >= 11 is 2.11. The summed E-state index contributed by atoms with van der Waals surface area (Å²) in [5.41, 5.74) is 6.48. The standard InChI is InChI=1S/C15H29N3S/c16-12-15(6-3-11-19-13-15)18-9-7-17(8-10-18)14-4-1-2-5-14/h14H,1-13,16H2. The van der Waals surface area contributed by atoms with Crippen LogP contribution in [0.15, 0.2) is 0 Å². The van der Waals surface area contributed by atoms with E-state index in [0.29, 0.717) is 5.54 Å². The number of hydrogen-bond donors (Lipinski definition) is 1. The Kier molecular flexibility index (Phi) is 4.73. The molecule has 3 rings (SSSR count). The van der Waals surface area contributed by atoms with Gasteiger partial charge in [-0.2, -0.15) is 11.8 Å². The van der Waals surface area contributed by atoms with Crippen molar-refractivity contribution >= 4 is 11.8 Å². The maximum absolute atomic E-state index is 6.16. The van der Waals surface area contributed by atoms with Crippen molar-refractivity contribution in [2.75, 3.05) is 44.2 Å². The van der Waals surface area contributed by atoms with Crippen molar-refractivity contribution in [2.24, 2.45) is 5.73 Å². The summed E-state index contributed by atoms with van der Waals surface area (Å²) in [7, 11) is 0. The largest absolute Gasteiger partial charge is 0.329 e. The van der Waals surface area contributed by atoms with Gasteiger partial charge in [0.05, 0.1) is 0 Å². The molecule has 1 atom stereocenters. The molecule has 19 heavy (non-hydrogen) atoms. The van der Waals surface area contributed by atoms with Gasteiger partial charge in [0.1, 0.15) is 0 Å². The highest BCUT2D eigenvalue weighted by Crippen LogP contribution is 2.33. The quantitative estimate of drug-likeness (QED) is 0.856. The van der Waals surface area contributed by atoms with E-state index in [2.05, 4.69) is 21.6 Å². The van der Waals surface area contributed by atoms with Gasteiger partial charge in [-0.3, -0.25) is 9.80 Å². The highest BCUT2D eigenvalue weighted by Gasteiger charge is 2.39. The van der Waals surface area contributed by atoms with Gasteiger partial charge in [0, 0.05) is 50.1 Å². The molecule has 2 heterocycles. The molecule has 2 aliphatic heterocycles. The Morgan fingerprint density at radius 3 is 2.37 bits per heavy atom. The molecule has 3 aliphatic rings. The Labute approximate surface area is 122 Å². The molecular weight excluding hydrogens is 254 g/mol. The monoisotopic (exact) mass is 283 g/mol. The zero-order chi connectivity index (χ0) is 13.1. The molecule has 3 nitrogen and oxygen atoms in total. The first-order valence-corrected chi connectivity index (χ1v) is 9.26. The summed E-state index contributed by atoms with van der Waals surface area (Å²) in [6.07, 6.45) is 8.46. The number of hydrogen-bond acceptors (Lipinski definition) is 4. The summed E-state index contributed by atoms with van der Waals surface area (Å²) in [5, 5.41) is 0. The van der Waals surface area contributed by atoms with Crippen LogP contribution in [0.25, 0.3) is 0 Å². The SMILES string of the molecule is NCC1(N2CCN(C3CCCC3)CC2)CCCSC1. The fourth-order valence-corrected chi connectivity index (χ4v) is 5.53. The van der Waals surface area contributed by atoms with Crippen LogP contribution in [0.5, 0.6) is 0 Å². The highest BCUT2D eigenvalue weighted by molar-refractivity contribution is 7.99. The predicted octanol–water partition coefficient (Wildman–Crippen LogP) is 1.77. The van der Waals surface area contributed by atoms with Crippen LogP contribution in [0.1, 0.15) is 38.5 Å².